The summed E-state index contributed by atoms with van der Waals surface area (Å²) in [5, 5.41) is 6.76. The fourth-order valence-corrected chi connectivity index (χ4v) is 2.75. The molecule has 0 radical (unpaired) electrons. The number of aryl methyl sites for hydroxylation is 1. The Hall–Kier alpha value is -0.800. The Morgan fingerprint density at radius 2 is 1.96 bits per heavy atom. The molecule has 1 unspecified atom stereocenters. The van der Waals surface area contributed by atoms with Gasteiger partial charge in [-0.2, -0.15) is 0 Å². The molecule has 0 spiro atoms. The molecule has 1 aromatic heterocycles. The molecule has 0 amide bonds. The Kier molecular flexibility index (Phi) is 9.23. The standard InChI is InChI=1S/C18H32N4O2.HI/c1-6-19-17(21-18(3,4)5)20-13-15(16-8-7-14(2)24-16)22-9-11-23-12-10-22;/h7-8,15H,6,9-13H2,1-5H3,(H2,19,20,21);1H. The largest absolute Gasteiger partial charge is 0.465 e. The third kappa shape index (κ3) is 7.53. The molecule has 2 rings (SSSR count). The maximum Gasteiger partial charge on any atom is 0.191 e. The molecule has 1 aliphatic rings. The van der Waals surface area contributed by atoms with Crippen LogP contribution in [0.25, 0.3) is 0 Å². The minimum atomic E-state index is -0.0310. The van der Waals surface area contributed by atoms with E-state index in [9.17, 15) is 0 Å². The molecule has 1 fully saturated rings. The van der Waals surface area contributed by atoms with Gasteiger partial charge in [-0.25, -0.2) is 0 Å². The Morgan fingerprint density at radius 1 is 1.28 bits per heavy atom. The fourth-order valence-electron chi connectivity index (χ4n) is 2.75. The van der Waals surface area contributed by atoms with Crippen LogP contribution in [0.15, 0.2) is 21.5 Å². The van der Waals surface area contributed by atoms with Gasteiger partial charge in [0.05, 0.1) is 25.8 Å². The van der Waals surface area contributed by atoms with Gasteiger partial charge in [-0.1, -0.05) is 0 Å². The number of guanidine groups is 1. The molecular formula is C18H33IN4O2. The van der Waals surface area contributed by atoms with E-state index in [-0.39, 0.29) is 35.6 Å². The lowest BCUT2D eigenvalue weighted by molar-refractivity contribution is 0.0135. The maximum absolute atomic E-state index is 5.90. The topological polar surface area (TPSA) is 62.0 Å². The fraction of sp³-hybridized carbons (Fsp3) is 0.722. The number of aliphatic imine (C=N–C) groups is 1. The third-order valence-electron chi connectivity index (χ3n) is 3.84. The Labute approximate surface area is 168 Å². The average molecular weight is 464 g/mol. The van der Waals surface area contributed by atoms with Crippen molar-refractivity contribution in [1.29, 1.82) is 0 Å². The van der Waals surface area contributed by atoms with Gasteiger partial charge in [0.25, 0.3) is 0 Å². The van der Waals surface area contributed by atoms with Crippen LogP contribution < -0.4 is 10.6 Å². The summed E-state index contributed by atoms with van der Waals surface area (Å²) < 4.78 is 11.4. The Balaban J connectivity index is 0.00000312. The highest BCUT2D eigenvalue weighted by atomic mass is 127. The second-order valence-electron chi connectivity index (χ2n) is 7.21. The van der Waals surface area contributed by atoms with E-state index < -0.39 is 0 Å². The molecule has 1 saturated heterocycles. The first kappa shape index (κ1) is 22.2. The highest BCUT2D eigenvalue weighted by molar-refractivity contribution is 14.0. The van der Waals surface area contributed by atoms with Crippen molar-refractivity contribution in [2.45, 2.75) is 46.2 Å². The van der Waals surface area contributed by atoms with Crippen LogP contribution in [0.1, 0.15) is 45.3 Å². The second kappa shape index (κ2) is 10.4. The first-order valence-electron chi connectivity index (χ1n) is 8.83. The van der Waals surface area contributed by atoms with E-state index in [1.807, 2.05) is 13.0 Å². The molecule has 0 bridgehead atoms. The van der Waals surface area contributed by atoms with Crippen molar-refractivity contribution in [2.75, 3.05) is 39.4 Å². The van der Waals surface area contributed by atoms with Crippen LogP contribution in [-0.4, -0.2) is 55.8 Å². The van der Waals surface area contributed by atoms with E-state index in [2.05, 4.69) is 49.3 Å². The molecule has 0 saturated carbocycles. The van der Waals surface area contributed by atoms with Gasteiger partial charge >= 0.3 is 0 Å². The van der Waals surface area contributed by atoms with Crippen molar-refractivity contribution in [3.63, 3.8) is 0 Å². The van der Waals surface area contributed by atoms with E-state index in [1.165, 1.54) is 0 Å². The minimum absolute atomic E-state index is 0. The zero-order chi connectivity index (χ0) is 17.6. The average Bonchev–Trinajstić information content (AvgIpc) is 2.93. The van der Waals surface area contributed by atoms with Gasteiger partial charge in [-0.05, 0) is 46.8 Å². The lowest BCUT2D eigenvalue weighted by Gasteiger charge is -2.33. The summed E-state index contributed by atoms with van der Waals surface area (Å²) in [6.45, 7) is 15.3. The summed E-state index contributed by atoms with van der Waals surface area (Å²) in [6, 6.07) is 4.22. The first-order valence-corrected chi connectivity index (χ1v) is 8.83. The summed E-state index contributed by atoms with van der Waals surface area (Å²) in [4.78, 5) is 7.21. The van der Waals surface area contributed by atoms with E-state index in [0.29, 0.717) is 6.54 Å². The van der Waals surface area contributed by atoms with Gasteiger partial charge in [-0.15, -0.1) is 24.0 Å². The van der Waals surface area contributed by atoms with Gasteiger partial charge in [0.2, 0.25) is 0 Å². The van der Waals surface area contributed by atoms with Crippen LogP contribution in [-0.2, 0) is 4.74 Å². The van der Waals surface area contributed by atoms with Crippen LogP contribution in [0.3, 0.4) is 0 Å². The van der Waals surface area contributed by atoms with Gasteiger partial charge in [0.1, 0.15) is 11.5 Å². The van der Waals surface area contributed by atoms with Gasteiger partial charge < -0.3 is 19.8 Å². The molecule has 1 atom stereocenters. The van der Waals surface area contributed by atoms with Crippen LogP contribution in [0.2, 0.25) is 0 Å². The van der Waals surface area contributed by atoms with Crippen molar-refractivity contribution in [1.82, 2.24) is 15.5 Å². The predicted molar refractivity (Wildman–Crippen MR) is 113 cm³/mol. The highest BCUT2D eigenvalue weighted by Gasteiger charge is 2.25. The quantitative estimate of drug-likeness (QED) is 0.399. The predicted octanol–water partition coefficient (Wildman–Crippen LogP) is 2.93. The summed E-state index contributed by atoms with van der Waals surface area (Å²) in [7, 11) is 0. The van der Waals surface area contributed by atoms with Crippen LogP contribution in [0.5, 0.6) is 0 Å². The van der Waals surface area contributed by atoms with Crippen molar-refractivity contribution in [2.24, 2.45) is 4.99 Å². The normalized spacial score (nSPS) is 17.7. The Bertz CT molecular complexity index is 533. The molecule has 0 aliphatic carbocycles. The van der Waals surface area contributed by atoms with Crippen LogP contribution in [0, 0.1) is 6.92 Å². The smallest absolute Gasteiger partial charge is 0.191 e. The second-order valence-corrected chi connectivity index (χ2v) is 7.21. The summed E-state index contributed by atoms with van der Waals surface area (Å²) >= 11 is 0. The molecule has 1 aromatic rings. The van der Waals surface area contributed by atoms with E-state index in [1.54, 1.807) is 0 Å². The third-order valence-corrected chi connectivity index (χ3v) is 3.84. The van der Waals surface area contributed by atoms with Gasteiger partial charge in [0.15, 0.2) is 5.96 Å². The number of nitrogens with zero attached hydrogens (tertiary/aromatic N) is 2. The lowest BCUT2D eigenvalue weighted by Crippen LogP contribution is -2.48. The number of hydrogen-bond acceptors (Lipinski definition) is 4. The van der Waals surface area contributed by atoms with Crippen molar-refractivity contribution in [3.8, 4) is 0 Å². The van der Waals surface area contributed by atoms with E-state index in [0.717, 1.165) is 50.3 Å². The van der Waals surface area contributed by atoms with Crippen LogP contribution >= 0.6 is 24.0 Å². The molecule has 144 valence electrons. The van der Waals surface area contributed by atoms with E-state index in [4.69, 9.17) is 14.1 Å². The molecule has 0 aromatic carbocycles. The number of furan rings is 1. The molecule has 7 heteroatoms. The van der Waals surface area contributed by atoms with Gasteiger partial charge in [-0.3, -0.25) is 9.89 Å². The molecular weight excluding hydrogens is 431 g/mol. The maximum atomic E-state index is 5.90. The van der Waals surface area contributed by atoms with Crippen molar-refractivity contribution >= 4 is 29.9 Å². The number of halogens is 1. The van der Waals surface area contributed by atoms with Crippen molar-refractivity contribution in [3.05, 3.63) is 23.7 Å². The molecule has 2 N–H and O–H groups in total. The van der Waals surface area contributed by atoms with Gasteiger partial charge in [0, 0.05) is 25.2 Å². The van der Waals surface area contributed by atoms with E-state index >= 15 is 0 Å². The number of ether oxygens (including phenoxy) is 1. The minimum Gasteiger partial charge on any atom is -0.465 e. The zero-order valence-electron chi connectivity index (χ0n) is 16.1. The highest BCUT2D eigenvalue weighted by Crippen LogP contribution is 2.24. The number of morpholine rings is 1. The van der Waals surface area contributed by atoms with Crippen molar-refractivity contribution < 1.29 is 9.15 Å². The molecule has 1 aliphatic heterocycles. The monoisotopic (exact) mass is 464 g/mol. The number of nitrogens with one attached hydrogen (secondary N) is 2. The lowest BCUT2D eigenvalue weighted by atomic mass is 10.1. The molecule has 2 heterocycles. The summed E-state index contributed by atoms with van der Waals surface area (Å²) in [5.74, 6) is 2.75. The molecule has 25 heavy (non-hydrogen) atoms. The number of rotatable bonds is 5. The number of hydrogen-bond donors (Lipinski definition) is 2. The molecule has 6 nitrogen and oxygen atoms in total. The zero-order valence-corrected chi connectivity index (χ0v) is 18.4. The first-order chi connectivity index (χ1) is 11.4. The SMILES string of the molecule is CCNC(=NCC(c1ccc(C)o1)N1CCOCC1)NC(C)(C)C.I. The summed E-state index contributed by atoms with van der Waals surface area (Å²) in [5.41, 5.74) is -0.0310. The summed E-state index contributed by atoms with van der Waals surface area (Å²) in [6.07, 6.45) is 0. The van der Waals surface area contributed by atoms with Crippen LogP contribution in [0.4, 0.5) is 0 Å². The Morgan fingerprint density at radius 3 is 2.48 bits per heavy atom.